The number of carbonyl (C=O) groups excluding carboxylic acids is 1. The van der Waals surface area contributed by atoms with Crippen LogP contribution in [0, 0.1) is 5.82 Å². The highest BCUT2D eigenvalue weighted by atomic mass is 19.1. The minimum absolute atomic E-state index is 0.118. The van der Waals surface area contributed by atoms with E-state index in [0.29, 0.717) is 12.4 Å². The van der Waals surface area contributed by atoms with Crippen molar-refractivity contribution in [2.45, 2.75) is 12.5 Å². The van der Waals surface area contributed by atoms with Gasteiger partial charge in [0, 0.05) is 39.1 Å². The summed E-state index contributed by atoms with van der Waals surface area (Å²) in [4.78, 5) is 21.2. The molecular formula is C18H24FN5O. The summed E-state index contributed by atoms with van der Waals surface area (Å²) in [6.07, 6.45) is 4.48. The van der Waals surface area contributed by atoms with Gasteiger partial charge in [0.1, 0.15) is 17.7 Å². The number of halogens is 1. The molecule has 134 valence electrons. The summed E-state index contributed by atoms with van der Waals surface area (Å²) < 4.78 is 15.2. The molecule has 1 atom stereocenters. The second kappa shape index (κ2) is 7.65. The average Bonchev–Trinajstić information content (AvgIpc) is 2.89. The number of likely N-dealkylation sites (N-methyl/N-ethyl adjacent to an activating group) is 1. The molecule has 3 rings (SSSR count). The van der Waals surface area contributed by atoms with Crippen molar-refractivity contribution in [3.8, 4) is 0 Å². The van der Waals surface area contributed by atoms with Crippen molar-refractivity contribution in [3.63, 3.8) is 0 Å². The van der Waals surface area contributed by atoms with Crippen molar-refractivity contribution in [2.75, 3.05) is 33.2 Å². The van der Waals surface area contributed by atoms with E-state index in [1.807, 2.05) is 22.7 Å². The molecule has 1 N–H and O–H groups in total. The third-order valence-electron chi connectivity index (χ3n) is 4.59. The highest BCUT2D eigenvalue weighted by molar-refractivity contribution is 5.75. The van der Waals surface area contributed by atoms with Crippen LogP contribution in [0.2, 0.25) is 0 Å². The first kappa shape index (κ1) is 17.4. The van der Waals surface area contributed by atoms with Gasteiger partial charge in [-0.15, -0.1) is 0 Å². The Morgan fingerprint density at radius 2 is 1.92 bits per heavy atom. The number of rotatable bonds is 3. The molecule has 1 aromatic heterocycles. The van der Waals surface area contributed by atoms with Gasteiger partial charge in [-0.25, -0.2) is 14.2 Å². The van der Waals surface area contributed by atoms with Gasteiger partial charge in [0.25, 0.3) is 0 Å². The van der Waals surface area contributed by atoms with E-state index in [0.717, 1.165) is 31.6 Å². The summed E-state index contributed by atoms with van der Waals surface area (Å²) in [5.41, 5.74) is 0.802. The van der Waals surface area contributed by atoms with Crippen molar-refractivity contribution < 1.29 is 9.18 Å². The van der Waals surface area contributed by atoms with E-state index in [4.69, 9.17) is 0 Å². The van der Waals surface area contributed by atoms with E-state index in [-0.39, 0.29) is 11.8 Å². The van der Waals surface area contributed by atoms with Crippen LogP contribution < -0.4 is 5.32 Å². The molecular weight excluding hydrogens is 321 g/mol. The maximum absolute atomic E-state index is 13.3. The third-order valence-corrected chi connectivity index (χ3v) is 4.59. The van der Waals surface area contributed by atoms with E-state index < -0.39 is 6.04 Å². The SMILES string of the molecule is CN1CCCN(C(=O)NC(c2ccc(F)cc2)c2nccn2C)CC1. The Morgan fingerprint density at radius 1 is 1.16 bits per heavy atom. The lowest BCUT2D eigenvalue weighted by Crippen LogP contribution is -2.44. The maximum Gasteiger partial charge on any atom is 0.318 e. The summed E-state index contributed by atoms with van der Waals surface area (Å²) >= 11 is 0. The van der Waals surface area contributed by atoms with Gasteiger partial charge in [0.05, 0.1) is 0 Å². The maximum atomic E-state index is 13.3. The van der Waals surface area contributed by atoms with E-state index in [1.54, 1.807) is 18.3 Å². The Bertz CT molecular complexity index is 715. The Hall–Kier alpha value is -2.41. The number of imidazole rings is 1. The molecule has 1 aromatic carbocycles. The summed E-state index contributed by atoms with van der Waals surface area (Å²) in [6, 6.07) is 5.63. The van der Waals surface area contributed by atoms with Gasteiger partial charge in [-0.1, -0.05) is 12.1 Å². The van der Waals surface area contributed by atoms with Crippen molar-refractivity contribution in [2.24, 2.45) is 7.05 Å². The van der Waals surface area contributed by atoms with Crippen molar-refractivity contribution in [1.82, 2.24) is 24.7 Å². The smallest absolute Gasteiger partial charge is 0.318 e. The van der Waals surface area contributed by atoms with Gasteiger partial charge in [0.15, 0.2) is 0 Å². The molecule has 0 spiro atoms. The lowest BCUT2D eigenvalue weighted by Gasteiger charge is -2.25. The number of hydrogen-bond acceptors (Lipinski definition) is 3. The number of aryl methyl sites for hydroxylation is 1. The fourth-order valence-electron chi connectivity index (χ4n) is 3.07. The van der Waals surface area contributed by atoms with Crippen LogP contribution in [0.25, 0.3) is 0 Å². The zero-order valence-corrected chi connectivity index (χ0v) is 14.7. The molecule has 1 aliphatic heterocycles. The topological polar surface area (TPSA) is 53.4 Å². The summed E-state index contributed by atoms with van der Waals surface area (Å²) in [7, 11) is 3.95. The van der Waals surface area contributed by atoms with Crippen LogP contribution in [0.4, 0.5) is 9.18 Å². The first-order valence-electron chi connectivity index (χ1n) is 8.51. The summed E-state index contributed by atoms with van der Waals surface area (Å²) in [5, 5.41) is 3.07. The monoisotopic (exact) mass is 345 g/mol. The van der Waals surface area contributed by atoms with Gasteiger partial charge >= 0.3 is 6.03 Å². The summed E-state index contributed by atoms with van der Waals surface area (Å²) in [5.74, 6) is 0.413. The molecule has 25 heavy (non-hydrogen) atoms. The van der Waals surface area contributed by atoms with Crippen LogP contribution in [-0.2, 0) is 7.05 Å². The summed E-state index contributed by atoms with van der Waals surface area (Å²) in [6.45, 7) is 3.27. The fourth-order valence-corrected chi connectivity index (χ4v) is 3.07. The van der Waals surface area contributed by atoms with E-state index in [1.165, 1.54) is 12.1 Å². The van der Waals surface area contributed by atoms with Gasteiger partial charge < -0.3 is 19.7 Å². The zero-order chi connectivity index (χ0) is 17.8. The van der Waals surface area contributed by atoms with Crippen molar-refractivity contribution in [1.29, 1.82) is 0 Å². The highest BCUT2D eigenvalue weighted by Gasteiger charge is 2.24. The molecule has 0 aliphatic carbocycles. The molecule has 0 saturated carbocycles. The van der Waals surface area contributed by atoms with Crippen molar-refractivity contribution >= 4 is 6.03 Å². The second-order valence-electron chi connectivity index (χ2n) is 6.47. The number of nitrogens with zero attached hydrogens (tertiary/aromatic N) is 4. The lowest BCUT2D eigenvalue weighted by atomic mass is 10.1. The number of nitrogens with one attached hydrogen (secondary N) is 1. The Balaban J connectivity index is 1.81. The zero-order valence-electron chi connectivity index (χ0n) is 14.7. The van der Waals surface area contributed by atoms with Crippen LogP contribution in [-0.4, -0.2) is 58.6 Å². The molecule has 2 amide bonds. The predicted octanol–water partition coefficient (Wildman–Crippen LogP) is 2.00. The number of carbonyl (C=O) groups is 1. The molecule has 0 radical (unpaired) electrons. The lowest BCUT2D eigenvalue weighted by molar-refractivity contribution is 0.196. The minimum atomic E-state index is -0.422. The average molecular weight is 345 g/mol. The second-order valence-corrected chi connectivity index (χ2v) is 6.47. The number of amides is 2. The van der Waals surface area contributed by atoms with E-state index >= 15 is 0 Å². The molecule has 1 aliphatic rings. The number of hydrogen-bond donors (Lipinski definition) is 1. The molecule has 0 bridgehead atoms. The first-order valence-corrected chi connectivity index (χ1v) is 8.51. The van der Waals surface area contributed by atoms with Crippen LogP contribution in [0.5, 0.6) is 0 Å². The normalized spacial score (nSPS) is 17.2. The van der Waals surface area contributed by atoms with Crippen molar-refractivity contribution in [3.05, 3.63) is 53.9 Å². The molecule has 2 aromatic rings. The Labute approximate surface area is 147 Å². The molecule has 1 saturated heterocycles. The molecule has 6 nitrogen and oxygen atoms in total. The first-order chi connectivity index (χ1) is 12.0. The van der Waals surface area contributed by atoms with E-state index in [2.05, 4.69) is 22.2 Å². The Kier molecular flexibility index (Phi) is 5.33. The standard InChI is InChI=1S/C18H24FN5O/c1-22-9-3-10-24(13-12-22)18(25)21-16(17-20-8-11-23(17)2)14-4-6-15(19)7-5-14/h4-8,11,16H,3,9-10,12-13H2,1-2H3,(H,21,25). The number of aromatic nitrogens is 2. The molecule has 1 unspecified atom stereocenters. The van der Waals surface area contributed by atoms with Gasteiger partial charge in [-0.05, 0) is 37.7 Å². The van der Waals surface area contributed by atoms with Gasteiger partial charge in [-0.2, -0.15) is 0 Å². The quantitative estimate of drug-likeness (QED) is 0.926. The van der Waals surface area contributed by atoms with Crippen LogP contribution >= 0.6 is 0 Å². The van der Waals surface area contributed by atoms with Gasteiger partial charge in [0.2, 0.25) is 0 Å². The van der Waals surface area contributed by atoms with Gasteiger partial charge in [-0.3, -0.25) is 0 Å². The molecule has 2 heterocycles. The number of benzene rings is 1. The van der Waals surface area contributed by atoms with Crippen LogP contribution in [0.15, 0.2) is 36.7 Å². The number of urea groups is 1. The third kappa shape index (κ3) is 4.17. The van der Waals surface area contributed by atoms with Crippen LogP contribution in [0.3, 0.4) is 0 Å². The van der Waals surface area contributed by atoms with Crippen LogP contribution in [0.1, 0.15) is 23.9 Å². The predicted molar refractivity (Wildman–Crippen MR) is 93.7 cm³/mol. The largest absolute Gasteiger partial charge is 0.336 e. The fraction of sp³-hybridized carbons (Fsp3) is 0.444. The Morgan fingerprint density at radius 3 is 2.60 bits per heavy atom. The highest BCUT2D eigenvalue weighted by Crippen LogP contribution is 2.21. The van der Waals surface area contributed by atoms with E-state index in [9.17, 15) is 9.18 Å². The molecule has 7 heteroatoms. The molecule has 1 fully saturated rings. The minimum Gasteiger partial charge on any atom is -0.336 e.